The second-order valence-corrected chi connectivity index (χ2v) is 11.7. The third-order valence-electron chi connectivity index (χ3n) is 6.57. The summed E-state index contributed by atoms with van der Waals surface area (Å²) in [6.45, 7) is 7.22. The normalized spacial score (nSPS) is 12.1. The van der Waals surface area contributed by atoms with Gasteiger partial charge in [0.15, 0.2) is 0 Å². The van der Waals surface area contributed by atoms with E-state index in [1.54, 1.807) is 49.6 Å². The lowest BCUT2D eigenvalue weighted by atomic mass is 10.1. The Morgan fingerprint density at radius 2 is 1.48 bits per heavy atom. The fourth-order valence-electron chi connectivity index (χ4n) is 4.37. The highest BCUT2D eigenvalue weighted by Crippen LogP contribution is 2.25. The molecule has 0 saturated heterocycles. The SMILES string of the molecule is CCc1ccc(N(CC(=O)N(Cc2ccc(OC)cc2)[C@@H](CC)C(=O)NC(C)C)S(=O)(=O)c2ccccc2)cc1. The van der Waals surface area contributed by atoms with E-state index in [1.807, 2.05) is 52.0 Å². The predicted octanol–water partition coefficient (Wildman–Crippen LogP) is 4.78. The van der Waals surface area contributed by atoms with Crippen LogP contribution in [0.1, 0.15) is 45.2 Å². The van der Waals surface area contributed by atoms with Gasteiger partial charge in [0.05, 0.1) is 17.7 Å². The van der Waals surface area contributed by atoms with Crippen LogP contribution in [0, 0.1) is 0 Å². The molecule has 3 aromatic carbocycles. The average molecular weight is 566 g/mol. The van der Waals surface area contributed by atoms with E-state index in [-0.39, 0.29) is 23.4 Å². The van der Waals surface area contributed by atoms with Crippen molar-refractivity contribution < 1.29 is 22.7 Å². The molecule has 0 fully saturated rings. The van der Waals surface area contributed by atoms with Gasteiger partial charge >= 0.3 is 0 Å². The molecule has 1 atom stereocenters. The molecule has 3 aromatic rings. The number of rotatable bonds is 13. The van der Waals surface area contributed by atoms with Crippen LogP contribution in [0.4, 0.5) is 5.69 Å². The summed E-state index contributed by atoms with van der Waals surface area (Å²) in [5.41, 5.74) is 2.21. The minimum absolute atomic E-state index is 0.0775. The number of hydrogen-bond acceptors (Lipinski definition) is 5. The number of hydrogen-bond donors (Lipinski definition) is 1. The van der Waals surface area contributed by atoms with Gasteiger partial charge in [-0.25, -0.2) is 8.42 Å². The Morgan fingerprint density at radius 1 is 0.875 bits per heavy atom. The summed E-state index contributed by atoms with van der Waals surface area (Å²) in [6, 6.07) is 21.5. The molecule has 0 aliphatic heterocycles. The van der Waals surface area contributed by atoms with Gasteiger partial charge in [-0.05, 0) is 74.2 Å². The second-order valence-electron chi connectivity index (χ2n) is 9.80. The molecule has 9 heteroatoms. The standard InChI is InChI=1S/C31H39N3O5S/c1-6-24-13-17-26(18-14-24)34(40(37,38)28-11-9-8-10-12-28)22-30(35)33(29(7-2)31(36)32-23(3)4)21-25-15-19-27(39-5)20-16-25/h8-20,23,29H,6-7,21-22H2,1-5H3,(H,32,36)/t29-/m0/s1. The Kier molecular flexibility index (Phi) is 10.7. The van der Waals surface area contributed by atoms with Crippen LogP contribution in [0.5, 0.6) is 5.75 Å². The Balaban J connectivity index is 2.04. The van der Waals surface area contributed by atoms with Gasteiger partial charge in [0.1, 0.15) is 18.3 Å². The van der Waals surface area contributed by atoms with E-state index in [9.17, 15) is 18.0 Å². The van der Waals surface area contributed by atoms with Gasteiger partial charge < -0.3 is 15.0 Å². The quantitative estimate of drug-likeness (QED) is 0.322. The molecule has 0 aliphatic carbocycles. The molecule has 3 rings (SSSR count). The maximum absolute atomic E-state index is 14.1. The third kappa shape index (κ3) is 7.63. The van der Waals surface area contributed by atoms with Crippen LogP contribution in [-0.2, 0) is 32.6 Å². The van der Waals surface area contributed by atoms with E-state index >= 15 is 0 Å². The largest absolute Gasteiger partial charge is 0.497 e. The number of nitrogens with zero attached hydrogens (tertiary/aromatic N) is 2. The zero-order valence-electron chi connectivity index (χ0n) is 23.8. The van der Waals surface area contributed by atoms with Crippen LogP contribution in [-0.4, -0.2) is 50.9 Å². The van der Waals surface area contributed by atoms with Gasteiger partial charge in [-0.2, -0.15) is 0 Å². The molecule has 0 unspecified atom stereocenters. The summed E-state index contributed by atoms with van der Waals surface area (Å²) >= 11 is 0. The predicted molar refractivity (Wildman–Crippen MR) is 158 cm³/mol. The van der Waals surface area contributed by atoms with Crippen LogP contribution in [0.25, 0.3) is 0 Å². The van der Waals surface area contributed by atoms with Crippen molar-refractivity contribution >= 4 is 27.5 Å². The van der Waals surface area contributed by atoms with Gasteiger partial charge in [0.2, 0.25) is 11.8 Å². The zero-order chi connectivity index (χ0) is 29.3. The molecule has 0 radical (unpaired) electrons. The number of carbonyl (C=O) groups is 2. The van der Waals surface area contributed by atoms with Crippen LogP contribution < -0.4 is 14.4 Å². The molecule has 40 heavy (non-hydrogen) atoms. The minimum Gasteiger partial charge on any atom is -0.497 e. The first kappa shape index (κ1) is 30.7. The van der Waals surface area contributed by atoms with Gasteiger partial charge in [-0.15, -0.1) is 0 Å². The lowest BCUT2D eigenvalue weighted by Gasteiger charge is -2.33. The molecule has 0 aromatic heterocycles. The number of anilines is 1. The number of amides is 2. The monoisotopic (exact) mass is 565 g/mol. The number of ether oxygens (including phenoxy) is 1. The number of benzene rings is 3. The first-order valence-electron chi connectivity index (χ1n) is 13.5. The first-order chi connectivity index (χ1) is 19.1. The summed E-state index contributed by atoms with van der Waals surface area (Å²) < 4.78 is 34.1. The summed E-state index contributed by atoms with van der Waals surface area (Å²) in [4.78, 5) is 28.8. The van der Waals surface area contributed by atoms with Crippen molar-refractivity contribution in [3.63, 3.8) is 0 Å². The fourth-order valence-corrected chi connectivity index (χ4v) is 5.81. The van der Waals surface area contributed by atoms with Crippen LogP contribution in [0.3, 0.4) is 0 Å². The lowest BCUT2D eigenvalue weighted by Crippen LogP contribution is -2.53. The maximum Gasteiger partial charge on any atom is 0.264 e. The fraction of sp³-hybridized carbons (Fsp3) is 0.355. The second kappa shape index (κ2) is 14.0. The summed E-state index contributed by atoms with van der Waals surface area (Å²) in [5.74, 6) is -0.105. The van der Waals surface area contributed by atoms with E-state index in [4.69, 9.17) is 4.74 Å². The van der Waals surface area contributed by atoms with Crippen molar-refractivity contribution in [2.75, 3.05) is 18.0 Å². The van der Waals surface area contributed by atoms with E-state index < -0.39 is 28.5 Å². The molecule has 2 amide bonds. The Morgan fingerprint density at radius 3 is 2.00 bits per heavy atom. The van der Waals surface area contributed by atoms with Crippen LogP contribution in [0.2, 0.25) is 0 Å². The zero-order valence-corrected chi connectivity index (χ0v) is 24.6. The molecule has 0 aliphatic rings. The minimum atomic E-state index is -4.09. The van der Waals surface area contributed by atoms with E-state index in [1.165, 1.54) is 17.0 Å². The molecular formula is C31H39N3O5S. The van der Waals surface area contributed by atoms with Gasteiger partial charge in [0.25, 0.3) is 10.0 Å². The molecule has 0 saturated carbocycles. The first-order valence-corrected chi connectivity index (χ1v) is 14.9. The number of nitrogens with one attached hydrogen (secondary N) is 1. The van der Waals surface area contributed by atoms with Crippen molar-refractivity contribution in [3.8, 4) is 5.75 Å². The van der Waals surface area contributed by atoms with Gasteiger partial charge in [0, 0.05) is 12.6 Å². The van der Waals surface area contributed by atoms with Crippen molar-refractivity contribution in [3.05, 3.63) is 90.0 Å². The highest BCUT2D eigenvalue weighted by Gasteiger charge is 2.33. The van der Waals surface area contributed by atoms with Gasteiger partial charge in [-0.3, -0.25) is 13.9 Å². The van der Waals surface area contributed by atoms with Crippen molar-refractivity contribution in [2.45, 2.75) is 64.1 Å². The summed E-state index contributed by atoms with van der Waals surface area (Å²) in [5, 5.41) is 2.90. The van der Waals surface area contributed by atoms with E-state index in [2.05, 4.69) is 5.32 Å². The summed E-state index contributed by atoms with van der Waals surface area (Å²) in [7, 11) is -2.51. The van der Waals surface area contributed by atoms with Crippen molar-refractivity contribution in [2.24, 2.45) is 0 Å². The topological polar surface area (TPSA) is 96.0 Å². The Labute approximate surface area is 238 Å². The number of methoxy groups -OCH3 is 1. The molecule has 0 spiro atoms. The number of sulfonamides is 1. The van der Waals surface area contributed by atoms with Crippen molar-refractivity contribution in [1.29, 1.82) is 0 Å². The number of carbonyl (C=O) groups excluding carboxylic acids is 2. The molecule has 0 bridgehead atoms. The maximum atomic E-state index is 14.1. The smallest absolute Gasteiger partial charge is 0.264 e. The molecule has 1 N–H and O–H groups in total. The lowest BCUT2D eigenvalue weighted by molar-refractivity contribution is -0.140. The average Bonchev–Trinajstić information content (AvgIpc) is 2.96. The highest BCUT2D eigenvalue weighted by atomic mass is 32.2. The number of aryl methyl sites for hydroxylation is 1. The third-order valence-corrected chi connectivity index (χ3v) is 8.36. The van der Waals surface area contributed by atoms with E-state index in [0.717, 1.165) is 21.9 Å². The Hall–Kier alpha value is -3.85. The van der Waals surface area contributed by atoms with Crippen molar-refractivity contribution in [1.82, 2.24) is 10.2 Å². The molecular weight excluding hydrogens is 526 g/mol. The Bertz CT molecular complexity index is 1360. The van der Waals surface area contributed by atoms with Crippen LogP contribution >= 0.6 is 0 Å². The molecule has 214 valence electrons. The molecule has 0 heterocycles. The highest BCUT2D eigenvalue weighted by molar-refractivity contribution is 7.92. The van der Waals surface area contributed by atoms with E-state index in [0.29, 0.717) is 17.9 Å². The summed E-state index contributed by atoms with van der Waals surface area (Å²) in [6.07, 6.45) is 1.15. The molecule has 8 nitrogen and oxygen atoms in total. The van der Waals surface area contributed by atoms with Crippen LogP contribution in [0.15, 0.2) is 83.8 Å². The van der Waals surface area contributed by atoms with Gasteiger partial charge in [-0.1, -0.05) is 56.3 Å².